The van der Waals surface area contributed by atoms with Gasteiger partial charge in [0.05, 0.1) is 6.20 Å². The fraction of sp³-hybridized carbons (Fsp3) is 0.357. The predicted octanol–water partition coefficient (Wildman–Crippen LogP) is 2.82. The summed E-state index contributed by atoms with van der Waals surface area (Å²) in [7, 11) is 0. The number of para-hydroxylation sites is 1. The van der Waals surface area contributed by atoms with Crippen LogP contribution < -0.4 is 5.32 Å². The molecule has 0 unspecified atom stereocenters. The van der Waals surface area contributed by atoms with Crippen LogP contribution in [-0.4, -0.2) is 24.2 Å². The van der Waals surface area contributed by atoms with E-state index in [4.69, 9.17) is 0 Å². The molecule has 2 aliphatic rings. The number of rotatable bonds is 1. The van der Waals surface area contributed by atoms with Crippen LogP contribution in [0, 0.1) is 0 Å². The Morgan fingerprint density at radius 1 is 1.06 bits per heavy atom. The minimum atomic E-state index is 1.13. The van der Waals surface area contributed by atoms with E-state index in [0.29, 0.717) is 0 Å². The third kappa shape index (κ3) is 2.18. The smallest absolute Gasteiger partial charge is 0.125 e. The van der Waals surface area contributed by atoms with Gasteiger partial charge in [-0.25, -0.2) is 0 Å². The van der Waals surface area contributed by atoms with Crippen molar-refractivity contribution in [3.05, 3.63) is 41.8 Å². The van der Waals surface area contributed by atoms with Crippen LogP contribution in [0.3, 0.4) is 0 Å². The topological polar surface area (TPSA) is 27.6 Å². The molecular weight excluding hydrogens is 210 g/mol. The van der Waals surface area contributed by atoms with Crippen molar-refractivity contribution >= 4 is 11.9 Å². The number of nitrogens with one attached hydrogen (secondary N) is 1. The Morgan fingerprint density at radius 2 is 1.88 bits per heavy atom. The maximum atomic E-state index is 4.38. The van der Waals surface area contributed by atoms with Crippen molar-refractivity contribution in [2.45, 2.75) is 19.3 Å². The maximum absolute atomic E-state index is 4.38. The van der Waals surface area contributed by atoms with Crippen molar-refractivity contribution in [3.63, 3.8) is 0 Å². The second kappa shape index (κ2) is 4.62. The van der Waals surface area contributed by atoms with Gasteiger partial charge in [0.1, 0.15) is 5.82 Å². The van der Waals surface area contributed by atoms with E-state index in [0.717, 1.165) is 30.2 Å². The second-order valence-corrected chi connectivity index (χ2v) is 4.55. The SMILES string of the molecule is C1=NC=C(N2CCCCC2)Nc2ccccc21. The Bertz CT molecular complexity index is 456. The Labute approximate surface area is 102 Å². The van der Waals surface area contributed by atoms with Gasteiger partial charge in [-0.15, -0.1) is 0 Å². The molecule has 2 heterocycles. The zero-order chi connectivity index (χ0) is 11.5. The number of nitrogens with zero attached hydrogens (tertiary/aromatic N) is 2. The first kappa shape index (κ1) is 10.4. The molecule has 0 aliphatic carbocycles. The van der Waals surface area contributed by atoms with Gasteiger partial charge in [-0.2, -0.15) is 0 Å². The lowest BCUT2D eigenvalue weighted by molar-refractivity contribution is 0.287. The first-order valence-electron chi connectivity index (χ1n) is 6.28. The molecule has 88 valence electrons. The molecule has 1 aromatic carbocycles. The second-order valence-electron chi connectivity index (χ2n) is 4.55. The number of piperidine rings is 1. The van der Waals surface area contributed by atoms with E-state index in [1.165, 1.54) is 19.3 Å². The lowest BCUT2D eigenvalue weighted by Gasteiger charge is -2.30. The lowest BCUT2D eigenvalue weighted by atomic mass is 10.1. The molecule has 0 radical (unpaired) electrons. The molecule has 3 rings (SSSR count). The molecule has 1 saturated heterocycles. The fourth-order valence-corrected chi connectivity index (χ4v) is 2.38. The van der Waals surface area contributed by atoms with Crippen LogP contribution >= 0.6 is 0 Å². The Balaban J connectivity index is 1.84. The summed E-state index contributed by atoms with van der Waals surface area (Å²) in [5, 5.41) is 3.49. The van der Waals surface area contributed by atoms with Crippen LogP contribution in [0.15, 0.2) is 41.3 Å². The van der Waals surface area contributed by atoms with Crippen molar-refractivity contribution in [2.75, 3.05) is 18.4 Å². The number of likely N-dealkylation sites (tertiary alicyclic amines) is 1. The van der Waals surface area contributed by atoms with E-state index in [-0.39, 0.29) is 0 Å². The largest absolute Gasteiger partial charge is 0.357 e. The lowest BCUT2D eigenvalue weighted by Crippen LogP contribution is -2.32. The van der Waals surface area contributed by atoms with Crippen molar-refractivity contribution in [3.8, 4) is 0 Å². The Morgan fingerprint density at radius 3 is 2.76 bits per heavy atom. The molecule has 0 atom stereocenters. The zero-order valence-electron chi connectivity index (χ0n) is 9.89. The van der Waals surface area contributed by atoms with Crippen LogP contribution in [0.5, 0.6) is 0 Å². The summed E-state index contributed by atoms with van der Waals surface area (Å²) < 4.78 is 0. The normalized spacial score (nSPS) is 19.1. The molecule has 3 nitrogen and oxygen atoms in total. The summed E-state index contributed by atoms with van der Waals surface area (Å²) in [6.45, 7) is 2.27. The summed E-state index contributed by atoms with van der Waals surface area (Å²) in [5.41, 5.74) is 2.29. The average molecular weight is 227 g/mol. The molecule has 17 heavy (non-hydrogen) atoms. The summed E-state index contributed by atoms with van der Waals surface area (Å²) in [4.78, 5) is 6.77. The number of anilines is 1. The van der Waals surface area contributed by atoms with Crippen LogP contribution in [0.25, 0.3) is 0 Å². The Hall–Kier alpha value is -1.77. The fourth-order valence-electron chi connectivity index (χ4n) is 2.38. The van der Waals surface area contributed by atoms with Gasteiger partial charge in [-0.3, -0.25) is 4.99 Å². The van der Waals surface area contributed by atoms with Crippen molar-refractivity contribution < 1.29 is 0 Å². The monoisotopic (exact) mass is 227 g/mol. The van der Waals surface area contributed by atoms with Crippen LogP contribution in [-0.2, 0) is 0 Å². The van der Waals surface area contributed by atoms with Crippen LogP contribution in [0.1, 0.15) is 24.8 Å². The highest BCUT2D eigenvalue weighted by atomic mass is 15.3. The van der Waals surface area contributed by atoms with E-state index in [9.17, 15) is 0 Å². The highest BCUT2D eigenvalue weighted by Crippen LogP contribution is 2.22. The highest BCUT2D eigenvalue weighted by molar-refractivity contribution is 5.89. The van der Waals surface area contributed by atoms with Gasteiger partial charge in [0.15, 0.2) is 0 Å². The van der Waals surface area contributed by atoms with Gasteiger partial charge < -0.3 is 10.2 Å². The maximum Gasteiger partial charge on any atom is 0.125 e. The van der Waals surface area contributed by atoms with E-state index in [1.54, 1.807) is 0 Å². The van der Waals surface area contributed by atoms with Gasteiger partial charge >= 0.3 is 0 Å². The van der Waals surface area contributed by atoms with Crippen molar-refractivity contribution in [2.24, 2.45) is 4.99 Å². The number of hydrogen-bond acceptors (Lipinski definition) is 3. The van der Waals surface area contributed by atoms with E-state index in [2.05, 4.69) is 33.4 Å². The zero-order valence-corrected chi connectivity index (χ0v) is 9.89. The van der Waals surface area contributed by atoms with Gasteiger partial charge in [-0.05, 0) is 25.3 Å². The van der Waals surface area contributed by atoms with Gasteiger partial charge in [0.25, 0.3) is 0 Å². The molecule has 3 heteroatoms. The molecule has 0 saturated carbocycles. The third-order valence-electron chi connectivity index (χ3n) is 3.33. The van der Waals surface area contributed by atoms with Gasteiger partial charge in [0.2, 0.25) is 0 Å². The van der Waals surface area contributed by atoms with E-state index < -0.39 is 0 Å². The van der Waals surface area contributed by atoms with Crippen molar-refractivity contribution in [1.82, 2.24) is 4.90 Å². The molecule has 0 amide bonds. The molecule has 0 bridgehead atoms. The van der Waals surface area contributed by atoms with Crippen LogP contribution in [0.4, 0.5) is 5.69 Å². The first-order chi connectivity index (χ1) is 8.43. The number of aliphatic imine (C=N–C) groups is 1. The molecule has 1 N–H and O–H groups in total. The molecule has 1 aromatic rings. The van der Waals surface area contributed by atoms with E-state index >= 15 is 0 Å². The predicted molar refractivity (Wildman–Crippen MR) is 71.2 cm³/mol. The molecule has 0 spiro atoms. The number of hydrogen-bond donors (Lipinski definition) is 1. The standard InChI is InChI=1S/C14H17N3/c1-4-8-17(9-5-1)14-11-15-10-12-6-2-3-7-13(12)16-14/h2-3,6-7,10-11,16H,1,4-5,8-9H2. The summed E-state index contributed by atoms with van der Waals surface area (Å²) >= 11 is 0. The number of fused-ring (bicyclic) bond motifs is 1. The quantitative estimate of drug-likeness (QED) is 0.799. The van der Waals surface area contributed by atoms with Crippen LogP contribution in [0.2, 0.25) is 0 Å². The highest BCUT2D eigenvalue weighted by Gasteiger charge is 2.15. The summed E-state index contributed by atoms with van der Waals surface area (Å²) in [6.07, 6.45) is 7.77. The molecule has 1 fully saturated rings. The minimum Gasteiger partial charge on any atom is -0.357 e. The van der Waals surface area contributed by atoms with Crippen molar-refractivity contribution in [1.29, 1.82) is 0 Å². The third-order valence-corrected chi connectivity index (χ3v) is 3.33. The average Bonchev–Trinajstić information content (AvgIpc) is 2.62. The first-order valence-corrected chi connectivity index (χ1v) is 6.28. The minimum absolute atomic E-state index is 1.13. The number of benzene rings is 1. The van der Waals surface area contributed by atoms with Gasteiger partial charge in [0, 0.05) is 30.6 Å². The Kier molecular flexibility index (Phi) is 2.82. The summed E-state index contributed by atoms with van der Waals surface area (Å²) in [6, 6.07) is 8.28. The molecule has 2 aliphatic heterocycles. The summed E-state index contributed by atoms with van der Waals surface area (Å²) in [5.74, 6) is 1.13. The van der Waals surface area contributed by atoms with Gasteiger partial charge in [-0.1, -0.05) is 18.2 Å². The molecular formula is C14H17N3. The van der Waals surface area contributed by atoms with E-state index in [1.807, 2.05) is 18.5 Å². The molecule has 0 aromatic heterocycles.